The molecule has 1 amide bonds. The lowest BCUT2D eigenvalue weighted by atomic mass is 9.92. The molecule has 1 heterocycles. The summed E-state index contributed by atoms with van der Waals surface area (Å²) in [6, 6.07) is 8.05. The minimum Gasteiger partial charge on any atom is -0.467 e. The quantitative estimate of drug-likeness (QED) is 0.706. The number of hydrogen-bond acceptors (Lipinski definition) is 4. The second-order valence-electron chi connectivity index (χ2n) is 8.23. The van der Waals surface area contributed by atoms with E-state index >= 15 is 0 Å². The van der Waals surface area contributed by atoms with Crippen LogP contribution in [-0.4, -0.2) is 23.6 Å². The molecular weight excluding hydrogens is 392 g/mol. The SMILES string of the molecule is CCc1c(C)c(C)c(C(=O)NC(C(=O)OC)c2ccccc2)c(=O)n1C1CCCCC1. The van der Waals surface area contributed by atoms with Gasteiger partial charge in [0.1, 0.15) is 5.56 Å². The van der Waals surface area contributed by atoms with Crippen LogP contribution in [0.2, 0.25) is 0 Å². The lowest BCUT2D eigenvalue weighted by Gasteiger charge is -2.29. The van der Waals surface area contributed by atoms with Gasteiger partial charge in [0.15, 0.2) is 6.04 Å². The van der Waals surface area contributed by atoms with E-state index in [4.69, 9.17) is 4.74 Å². The molecule has 0 bridgehead atoms. The van der Waals surface area contributed by atoms with Crippen molar-refractivity contribution in [1.29, 1.82) is 0 Å². The molecular formula is C25H32N2O4. The Labute approximate surface area is 183 Å². The number of benzene rings is 1. The van der Waals surface area contributed by atoms with E-state index in [9.17, 15) is 14.4 Å². The minimum absolute atomic E-state index is 0.116. The van der Waals surface area contributed by atoms with Crippen LogP contribution in [-0.2, 0) is 16.0 Å². The monoisotopic (exact) mass is 424 g/mol. The first-order chi connectivity index (χ1) is 14.9. The van der Waals surface area contributed by atoms with Crippen molar-refractivity contribution in [3.05, 3.63) is 68.6 Å². The molecule has 1 aromatic carbocycles. The van der Waals surface area contributed by atoms with Crippen LogP contribution in [0.15, 0.2) is 35.1 Å². The number of nitrogens with one attached hydrogen (secondary N) is 1. The topological polar surface area (TPSA) is 77.4 Å². The summed E-state index contributed by atoms with van der Waals surface area (Å²) in [5.74, 6) is -1.12. The van der Waals surface area contributed by atoms with Crippen molar-refractivity contribution < 1.29 is 14.3 Å². The van der Waals surface area contributed by atoms with Crippen molar-refractivity contribution >= 4 is 11.9 Å². The summed E-state index contributed by atoms with van der Waals surface area (Å²) in [6.45, 7) is 5.83. The van der Waals surface area contributed by atoms with E-state index in [-0.39, 0.29) is 17.2 Å². The van der Waals surface area contributed by atoms with Crippen LogP contribution in [0, 0.1) is 13.8 Å². The zero-order valence-electron chi connectivity index (χ0n) is 18.9. The number of esters is 1. The molecule has 1 aliphatic carbocycles. The van der Waals surface area contributed by atoms with E-state index in [1.165, 1.54) is 13.5 Å². The van der Waals surface area contributed by atoms with Gasteiger partial charge in [-0.05, 0) is 49.8 Å². The Morgan fingerprint density at radius 2 is 1.74 bits per heavy atom. The molecule has 1 atom stereocenters. The van der Waals surface area contributed by atoms with E-state index in [1.54, 1.807) is 24.3 Å². The highest BCUT2D eigenvalue weighted by Crippen LogP contribution is 2.30. The van der Waals surface area contributed by atoms with Gasteiger partial charge in [-0.25, -0.2) is 4.79 Å². The van der Waals surface area contributed by atoms with Crippen molar-refractivity contribution in [3.63, 3.8) is 0 Å². The fourth-order valence-corrected chi connectivity index (χ4v) is 4.66. The largest absolute Gasteiger partial charge is 0.467 e. The maximum absolute atomic E-state index is 13.6. The second kappa shape index (κ2) is 9.94. The zero-order chi connectivity index (χ0) is 22.5. The molecule has 166 valence electrons. The van der Waals surface area contributed by atoms with E-state index in [0.717, 1.165) is 43.4 Å². The average molecular weight is 425 g/mol. The molecule has 3 rings (SSSR count). The van der Waals surface area contributed by atoms with E-state index < -0.39 is 17.9 Å². The Kier molecular flexibility index (Phi) is 7.31. The number of methoxy groups -OCH3 is 1. The summed E-state index contributed by atoms with van der Waals surface area (Å²) in [4.78, 5) is 39.4. The fraction of sp³-hybridized carbons (Fsp3) is 0.480. The number of aromatic nitrogens is 1. The standard InChI is InChI=1S/C25H32N2O4/c1-5-20-16(2)17(3)21(24(29)27(20)19-14-10-7-11-15-19)23(28)26-22(25(30)31-4)18-12-8-6-9-13-18/h6,8-9,12-13,19,22H,5,7,10-11,14-15H2,1-4H3,(H,26,28). The highest BCUT2D eigenvalue weighted by molar-refractivity contribution is 5.98. The van der Waals surface area contributed by atoms with E-state index in [1.807, 2.05) is 31.4 Å². The fourth-order valence-electron chi connectivity index (χ4n) is 4.66. The normalized spacial score (nSPS) is 15.4. The molecule has 1 aromatic heterocycles. The second-order valence-corrected chi connectivity index (χ2v) is 8.23. The number of rotatable bonds is 6. The predicted molar refractivity (Wildman–Crippen MR) is 120 cm³/mol. The minimum atomic E-state index is -0.980. The number of pyridine rings is 1. The molecule has 1 aliphatic rings. The van der Waals surface area contributed by atoms with Crippen molar-refractivity contribution in [2.24, 2.45) is 0 Å². The van der Waals surface area contributed by atoms with Crippen LogP contribution >= 0.6 is 0 Å². The summed E-state index contributed by atoms with van der Waals surface area (Å²) in [6.07, 6.45) is 5.99. The smallest absolute Gasteiger partial charge is 0.333 e. The molecule has 0 saturated heterocycles. The first-order valence-corrected chi connectivity index (χ1v) is 11.1. The third-order valence-corrected chi connectivity index (χ3v) is 6.44. The molecule has 1 N–H and O–H groups in total. The number of carbonyl (C=O) groups excluding carboxylic acids is 2. The molecule has 6 heteroatoms. The molecule has 31 heavy (non-hydrogen) atoms. The Hall–Kier alpha value is -2.89. The van der Waals surface area contributed by atoms with Crippen LogP contribution < -0.4 is 10.9 Å². The average Bonchev–Trinajstić information content (AvgIpc) is 2.80. The lowest BCUT2D eigenvalue weighted by Crippen LogP contribution is -2.41. The molecule has 2 aromatic rings. The van der Waals surface area contributed by atoms with Gasteiger partial charge in [0, 0.05) is 11.7 Å². The Bertz CT molecular complexity index is 1000. The highest BCUT2D eigenvalue weighted by Gasteiger charge is 2.29. The number of nitrogens with zero attached hydrogens (tertiary/aromatic N) is 1. The van der Waals surface area contributed by atoms with Gasteiger partial charge in [0.2, 0.25) is 0 Å². The van der Waals surface area contributed by atoms with Gasteiger partial charge < -0.3 is 14.6 Å². The number of ether oxygens (including phenoxy) is 1. The summed E-state index contributed by atoms with van der Waals surface area (Å²) in [5.41, 5.74) is 3.09. The molecule has 0 spiro atoms. The summed E-state index contributed by atoms with van der Waals surface area (Å²) in [5, 5.41) is 2.75. The van der Waals surface area contributed by atoms with Gasteiger partial charge in [-0.2, -0.15) is 0 Å². The molecule has 6 nitrogen and oxygen atoms in total. The molecule has 0 radical (unpaired) electrons. The third kappa shape index (κ3) is 4.58. The van der Waals surface area contributed by atoms with E-state index in [0.29, 0.717) is 11.1 Å². The number of hydrogen-bond donors (Lipinski definition) is 1. The first-order valence-electron chi connectivity index (χ1n) is 11.1. The zero-order valence-corrected chi connectivity index (χ0v) is 18.9. The van der Waals surface area contributed by atoms with Crippen LogP contribution in [0.1, 0.15) is 83.9 Å². The lowest BCUT2D eigenvalue weighted by molar-refractivity contribution is -0.143. The third-order valence-electron chi connectivity index (χ3n) is 6.44. The maximum Gasteiger partial charge on any atom is 0.333 e. The van der Waals surface area contributed by atoms with Gasteiger partial charge >= 0.3 is 5.97 Å². The van der Waals surface area contributed by atoms with Crippen LogP contribution in [0.25, 0.3) is 0 Å². The Morgan fingerprint density at radius 3 is 2.32 bits per heavy atom. The van der Waals surface area contributed by atoms with Gasteiger partial charge in [-0.1, -0.05) is 56.5 Å². The van der Waals surface area contributed by atoms with Crippen LogP contribution in [0.5, 0.6) is 0 Å². The molecule has 0 aliphatic heterocycles. The van der Waals surface area contributed by atoms with Crippen LogP contribution in [0.4, 0.5) is 0 Å². The number of amides is 1. The summed E-state index contributed by atoms with van der Waals surface area (Å²) in [7, 11) is 1.28. The van der Waals surface area contributed by atoms with Crippen molar-refractivity contribution in [2.45, 2.75) is 71.4 Å². The molecule has 1 fully saturated rings. The Morgan fingerprint density at radius 1 is 1.10 bits per heavy atom. The van der Waals surface area contributed by atoms with Gasteiger partial charge in [-0.3, -0.25) is 9.59 Å². The molecule has 1 unspecified atom stereocenters. The summed E-state index contributed by atoms with van der Waals surface area (Å²) < 4.78 is 6.76. The first kappa shape index (κ1) is 22.8. The number of carbonyl (C=O) groups is 2. The molecule has 1 saturated carbocycles. The van der Waals surface area contributed by atoms with Crippen molar-refractivity contribution in [3.8, 4) is 0 Å². The van der Waals surface area contributed by atoms with Gasteiger partial charge in [0.25, 0.3) is 11.5 Å². The van der Waals surface area contributed by atoms with Crippen molar-refractivity contribution in [2.75, 3.05) is 7.11 Å². The van der Waals surface area contributed by atoms with Gasteiger partial charge in [-0.15, -0.1) is 0 Å². The highest BCUT2D eigenvalue weighted by atomic mass is 16.5. The van der Waals surface area contributed by atoms with Crippen molar-refractivity contribution in [1.82, 2.24) is 9.88 Å². The van der Waals surface area contributed by atoms with Gasteiger partial charge in [0.05, 0.1) is 7.11 Å². The predicted octanol–water partition coefficient (Wildman–Crippen LogP) is 4.18. The maximum atomic E-state index is 13.6. The Balaban J connectivity index is 2.06. The van der Waals surface area contributed by atoms with E-state index in [2.05, 4.69) is 5.32 Å². The summed E-state index contributed by atoms with van der Waals surface area (Å²) >= 11 is 0. The van der Waals surface area contributed by atoms with Crippen LogP contribution in [0.3, 0.4) is 0 Å².